The standard InChI is InChI=1S/C16H19FN2O2/c1-21-16(20)12-4-2-11(3-5-12)9-19-10-13-8-14(17)6-7-15(13)18-19/h6-8,10-12H,2-5,9H2,1H3/t11-,12-. The summed E-state index contributed by atoms with van der Waals surface area (Å²) in [5.74, 6) is 0.247. The fourth-order valence-corrected chi connectivity index (χ4v) is 3.15. The number of hydrogen-bond acceptors (Lipinski definition) is 3. The second-order valence-corrected chi connectivity index (χ2v) is 5.80. The lowest BCUT2D eigenvalue weighted by atomic mass is 9.82. The Labute approximate surface area is 122 Å². The van der Waals surface area contributed by atoms with Crippen molar-refractivity contribution in [3.8, 4) is 0 Å². The highest BCUT2D eigenvalue weighted by atomic mass is 19.1. The molecule has 1 saturated carbocycles. The van der Waals surface area contributed by atoms with Gasteiger partial charge in [0.25, 0.3) is 0 Å². The van der Waals surface area contributed by atoms with Crippen LogP contribution in [0.1, 0.15) is 25.7 Å². The van der Waals surface area contributed by atoms with Gasteiger partial charge in [0, 0.05) is 18.1 Å². The van der Waals surface area contributed by atoms with Gasteiger partial charge in [-0.3, -0.25) is 9.48 Å². The first-order chi connectivity index (χ1) is 10.2. The van der Waals surface area contributed by atoms with Crippen molar-refractivity contribution in [2.24, 2.45) is 11.8 Å². The summed E-state index contributed by atoms with van der Waals surface area (Å²) in [7, 11) is 1.45. The third-order valence-corrected chi connectivity index (χ3v) is 4.34. The van der Waals surface area contributed by atoms with Gasteiger partial charge >= 0.3 is 5.97 Å². The van der Waals surface area contributed by atoms with Crippen molar-refractivity contribution in [2.75, 3.05) is 7.11 Å². The van der Waals surface area contributed by atoms with Crippen LogP contribution in [-0.4, -0.2) is 22.9 Å². The maximum atomic E-state index is 13.2. The second-order valence-electron chi connectivity index (χ2n) is 5.80. The number of nitrogens with zero attached hydrogens (tertiary/aromatic N) is 2. The average Bonchev–Trinajstić information content (AvgIpc) is 2.88. The lowest BCUT2D eigenvalue weighted by Crippen LogP contribution is -2.25. The van der Waals surface area contributed by atoms with Gasteiger partial charge in [-0.2, -0.15) is 5.10 Å². The van der Waals surface area contributed by atoms with Crippen LogP contribution in [0.5, 0.6) is 0 Å². The van der Waals surface area contributed by atoms with Gasteiger partial charge in [0.2, 0.25) is 0 Å². The van der Waals surface area contributed by atoms with Gasteiger partial charge in [-0.1, -0.05) is 0 Å². The van der Waals surface area contributed by atoms with E-state index in [1.807, 2.05) is 10.9 Å². The molecule has 1 aliphatic rings. The summed E-state index contributed by atoms with van der Waals surface area (Å²) in [6.45, 7) is 0.824. The molecule has 1 aromatic heterocycles. The molecule has 21 heavy (non-hydrogen) atoms. The minimum atomic E-state index is -0.236. The third-order valence-electron chi connectivity index (χ3n) is 4.34. The van der Waals surface area contributed by atoms with Crippen molar-refractivity contribution in [3.63, 3.8) is 0 Å². The molecule has 0 atom stereocenters. The minimum absolute atomic E-state index is 0.0528. The lowest BCUT2D eigenvalue weighted by molar-refractivity contribution is -0.146. The van der Waals surface area contributed by atoms with Crippen molar-refractivity contribution in [1.29, 1.82) is 0 Å². The predicted octanol–water partition coefficient (Wildman–Crippen LogP) is 3.15. The second kappa shape index (κ2) is 5.84. The molecule has 2 aromatic rings. The zero-order chi connectivity index (χ0) is 14.8. The number of ether oxygens (including phenoxy) is 1. The largest absolute Gasteiger partial charge is 0.469 e. The van der Waals surface area contributed by atoms with Crippen LogP contribution >= 0.6 is 0 Å². The van der Waals surface area contributed by atoms with Crippen LogP contribution in [0.2, 0.25) is 0 Å². The SMILES string of the molecule is COC(=O)[C@H]1CC[C@H](Cn2cc3cc(F)ccc3n2)CC1. The van der Waals surface area contributed by atoms with Crippen LogP contribution in [0.25, 0.3) is 10.9 Å². The molecule has 0 aliphatic heterocycles. The Balaban J connectivity index is 1.63. The van der Waals surface area contributed by atoms with Gasteiger partial charge in [0.05, 0.1) is 18.5 Å². The molecular weight excluding hydrogens is 271 g/mol. The van der Waals surface area contributed by atoms with E-state index in [2.05, 4.69) is 5.10 Å². The van der Waals surface area contributed by atoms with Crippen LogP contribution in [0.15, 0.2) is 24.4 Å². The Kier molecular flexibility index (Phi) is 3.90. The van der Waals surface area contributed by atoms with E-state index in [1.165, 1.54) is 19.2 Å². The van der Waals surface area contributed by atoms with E-state index in [-0.39, 0.29) is 17.7 Å². The molecule has 1 aliphatic carbocycles. The van der Waals surface area contributed by atoms with Gasteiger partial charge in [-0.15, -0.1) is 0 Å². The number of fused-ring (bicyclic) bond motifs is 1. The summed E-state index contributed by atoms with van der Waals surface area (Å²) in [5.41, 5.74) is 0.819. The highest BCUT2D eigenvalue weighted by Gasteiger charge is 2.27. The number of carbonyl (C=O) groups excluding carboxylic acids is 1. The van der Waals surface area contributed by atoms with Crippen molar-refractivity contribution < 1.29 is 13.9 Å². The highest BCUT2D eigenvalue weighted by molar-refractivity contribution is 5.77. The predicted molar refractivity (Wildman–Crippen MR) is 77.2 cm³/mol. The number of methoxy groups -OCH3 is 1. The monoisotopic (exact) mass is 290 g/mol. The molecule has 1 heterocycles. The van der Waals surface area contributed by atoms with E-state index < -0.39 is 0 Å². The van der Waals surface area contributed by atoms with Crippen LogP contribution in [0, 0.1) is 17.7 Å². The van der Waals surface area contributed by atoms with E-state index in [0.717, 1.165) is 43.1 Å². The number of hydrogen-bond donors (Lipinski definition) is 0. The molecule has 0 amide bonds. The summed E-state index contributed by atoms with van der Waals surface area (Å²) in [6.07, 6.45) is 5.67. The van der Waals surface area contributed by atoms with Crippen LogP contribution in [0.3, 0.4) is 0 Å². The Morgan fingerprint density at radius 1 is 1.38 bits per heavy atom. The minimum Gasteiger partial charge on any atom is -0.469 e. The first-order valence-electron chi connectivity index (χ1n) is 7.36. The Hall–Kier alpha value is -1.91. The number of rotatable bonds is 3. The molecule has 0 spiro atoms. The van der Waals surface area contributed by atoms with Gasteiger partial charge in [-0.25, -0.2) is 4.39 Å². The summed E-state index contributed by atoms with van der Waals surface area (Å²) in [6, 6.07) is 4.64. The average molecular weight is 290 g/mol. The fraction of sp³-hybridized carbons (Fsp3) is 0.500. The molecule has 3 rings (SSSR count). The van der Waals surface area contributed by atoms with Crippen LogP contribution < -0.4 is 0 Å². The zero-order valence-electron chi connectivity index (χ0n) is 12.1. The fourth-order valence-electron chi connectivity index (χ4n) is 3.15. The molecule has 1 fully saturated rings. The molecule has 4 nitrogen and oxygen atoms in total. The smallest absolute Gasteiger partial charge is 0.308 e. The summed E-state index contributed by atoms with van der Waals surface area (Å²) in [4.78, 5) is 11.5. The van der Waals surface area contributed by atoms with Crippen molar-refractivity contribution >= 4 is 16.9 Å². The Bertz CT molecular complexity index is 645. The molecule has 0 bridgehead atoms. The first kappa shape index (κ1) is 14.0. The summed E-state index contributed by atoms with van der Waals surface area (Å²) >= 11 is 0. The number of aromatic nitrogens is 2. The number of carbonyl (C=O) groups is 1. The molecule has 5 heteroatoms. The van der Waals surface area contributed by atoms with Gasteiger partial charge in [-0.05, 0) is 49.8 Å². The van der Waals surface area contributed by atoms with Crippen molar-refractivity contribution in [3.05, 3.63) is 30.2 Å². The number of benzene rings is 1. The normalized spacial score (nSPS) is 22.4. The van der Waals surface area contributed by atoms with Gasteiger partial charge < -0.3 is 4.74 Å². The molecule has 0 radical (unpaired) electrons. The number of esters is 1. The lowest BCUT2D eigenvalue weighted by Gasteiger charge is -2.26. The molecule has 0 saturated heterocycles. The summed E-state index contributed by atoms with van der Waals surface area (Å²) in [5, 5.41) is 5.31. The summed E-state index contributed by atoms with van der Waals surface area (Å²) < 4.78 is 19.9. The quantitative estimate of drug-likeness (QED) is 0.816. The molecule has 0 N–H and O–H groups in total. The topological polar surface area (TPSA) is 44.1 Å². The van der Waals surface area contributed by atoms with E-state index in [1.54, 1.807) is 6.07 Å². The zero-order valence-corrected chi connectivity index (χ0v) is 12.1. The van der Waals surface area contributed by atoms with Crippen molar-refractivity contribution in [2.45, 2.75) is 32.2 Å². The van der Waals surface area contributed by atoms with E-state index in [0.29, 0.717) is 5.92 Å². The molecule has 1 aromatic carbocycles. The Morgan fingerprint density at radius 2 is 2.14 bits per heavy atom. The maximum Gasteiger partial charge on any atom is 0.308 e. The van der Waals surface area contributed by atoms with Crippen molar-refractivity contribution in [1.82, 2.24) is 9.78 Å². The van der Waals surface area contributed by atoms with E-state index in [4.69, 9.17) is 4.74 Å². The third kappa shape index (κ3) is 3.06. The molecular formula is C16H19FN2O2. The van der Waals surface area contributed by atoms with Crippen LogP contribution in [0.4, 0.5) is 4.39 Å². The van der Waals surface area contributed by atoms with Crippen LogP contribution in [-0.2, 0) is 16.1 Å². The first-order valence-corrected chi connectivity index (χ1v) is 7.36. The molecule has 0 unspecified atom stereocenters. The van der Waals surface area contributed by atoms with Gasteiger partial charge in [0.1, 0.15) is 5.82 Å². The van der Waals surface area contributed by atoms with E-state index >= 15 is 0 Å². The van der Waals surface area contributed by atoms with Gasteiger partial charge in [0.15, 0.2) is 0 Å². The Morgan fingerprint density at radius 3 is 2.86 bits per heavy atom. The highest BCUT2D eigenvalue weighted by Crippen LogP contribution is 2.30. The number of halogens is 1. The maximum absolute atomic E-state index is 13.2. The van der Waals surface area contributed by atoms with E-state index in [9.17, 15) is 9.18 Å². The molecule has 112 valence electrons.